The number of nitrogens with one attached hydrogen (secondary N) is 2. The molecule has 3 aromatic heterocycles. The van der Waals surface area contributed by atoms with E-state index >= 15 is 0 Å². The van der Waals surface area contributed by atoms with Crippen LogP contribution in [0.5, 0.6) is 0 Å². The molecule has 0 saturated heterocycles. The molecule has 0 unspecified atom stereocenters. The van der Waals surface area contributed by atoms with Crippen molar-refractivity contribution in [1.82, 2.24) is 24.7 Å². The highest BCUT2D eigenvalue weighted by molar-refractivity contribution is 14.1. The lowest BCUT2D eigenvalue weighted by molar-refractivity contribution is 0.0886. The van der Waals surface area contributed by atoms with Gasteiger partial charge < -0.3 is 10.6 Å². The Bertz CT molecular complexity index is 1250. The quantitative estimate of drug-likeness (QED) is 0.310. The fourth-order valence-electron chi connectivity index (χ4n) is 4.75. The van der Waals surface area contributed by atoms with Crippen molar-refractivity contribution in [3.05, 3.63) is 59.3 Å². The first kappa shape index (κ1) is 24.1. The second kappa shape index (κ2) is 10.5. The van der Waals surface area contributed by atoms with Crippen LogP contribution >= 0.6 is 22.6 Å². The highest BCUT2D eigenvalue weighted by atomic mass is 127. The van der Waals surface area contributed by atoms with Crippen LogP contribution in [-0.4, -0.2) is 48.2 Å². The minimum atomic E-state index is -2.61. The number of allylic oxidation sites excluding steroid dienone is 1. The van der Waals surface area contributed by atoms with E-state index in [0.717, 1.165) is 58.4 Å². The second-order valence-corrected chi connectivity index (χ2v) is 10.8. The van der Waals surface area contributed by atoms with Crippen LogP contribution in [0.3, 0.4) is 0 Å². The molecule has 35 heavy (non-hydrogen) atoms. The predicted octanol–water partition coefficient (Wildman–Crippen LogP) is 5.05. The summed E-state index contributed by atoms with van der Waals surface area (Å²) in [5.41, 5.74) is 4.67. The first-order chi connectivity index (χ1) is 17.0. The number of hydrogen-bond acceptors (Lipinski definition) is 5. The summed E-state index contributed by atoms with van der Waals surface area (Å²) in [6, 6.07) is 4.20. The van der Waals surface area contributed by atoms with Gasteiger partial charge in [0.2, 0.25) is 5.95 Å². The number of nitrogens with zero attached hydrogens (tertiary/aromatic N) is 4. The Hall–Kier alpha value is -2.63. The van der Waals surface area contributed by atoms with E-state index in [0.29, 0.717) is 17.6 Å². The van der Waals surface area contributed by atoms with Crippen molar-refractivity contribution in [3.8, 4) is 0 Å². The molecule has 10 heteroatoms. The Labute approximate surface area is 216 Å². The van der Waals surface area contributed by atoms with Crippen molar-refractivity contribution in [2.45, 2.75) is 61.3 Å². The molecule has 2 aliphatic carbocycles. The van der Waals surface area contributed by atoms with Crippen molar-refractivity contribution < 1.29 is 13.6 Å². The molecule has 2 N–H and O–H groups in total. The summed E-state index contributed by atoms with van der Waals surface area (Å²) in [7, 11) is 0. The van der Waals surface area contributed by atoms with E-state index in [1.54, 1.807) is 4.40 Å². The SMILES string of the molecule is O=C(NCC(F)F)c1cnc2ccc(C3=CCCCc4nc(NC5CCC(I)CC5)ncc43)cn12. The standard InChI is InChI=1S/C25H27F2IN6O/c26-22(27)13-30-24(35)21-12-29-23-10-5-15(14-34(21)23)18-3-1-2-4-20-19(18)11-31-25(33-20)32-17-8-6-16(28)7-9-17/h3,5,10-12,14,16-17,22H,1-2,4,6-9,13H2,(H,30,35)(H,31,32,33). The van der Waals surface area contributed by atoms with Gasteiger partial charge in [-0.25, -0.2) is 23.7 Å². The molecule has 7 nitrogen and oxygen atoms in total. The molecule has 0 spiro atoms. The zero-order chi connectivity index (χ0) is 24.4. The number of fused-ring (bicyclic) bond motifs is 2. The molecule has 3 aromatic rings. The first-order valence-electron chi connectivity index (χ1n) is 12.0. The maximum atomic E-state index is 12.6. The summed E-state index contributed by atoms with van der Waals surface area (Å²) in [4.78, 5) is 26.2. The number of carbonyl (C=O) groups is 1. The van der Waals surface area contributed by atoms with E-state index in [9.17, 15) is 13.6 Å². The van der Waals surface area contributed by atoms with Gasteiger partial charge in [-0.3, -0.25) is 9.20 Å². The van der Waals surface area contributed by atoms with Crippen LogP contribution in [0, 0.1) is 0 Å². The Morgan fingerprint density at radius 3 is 2.80 bits per heavy atom. The zero-order valence-electron chi connectivity index (χ0n) is 19.2. The van der Waals surface area contributed by atoms with Gasteiger partial charge in [-0.1, -0.05) is 28.7 Å². The maximum absolute atomic E-state index is 12.6. The van der Waals surface area contributed by atoms with Gasteiger partial charge in [-0.05, 0) is 68.2 Å². The zero-order valence-corrected chi connectivity index (χ0v) is 21.3. The van der Waals surface area contributed by atoms with E-state index in [1.165, 1.54) is 19.0 Å². The van der Waals surface area contributed by atoms with Crippen LogP contribution in [0.15, 0.2) is 36.8 Å². The second-order valence-electron chi connectivity index (χ2n) is 9.05. The Balaban J connectivity index is 1.42. The van der Waals surface area contributed by atoms with Gasteiger partial charge in [0.15, 0.2) is 0 Å². The third kappa shape index (κ3) is 5.46. The van der Waals surface area contributed by atoms with Gasteiger partial charge >= 0.3 is 0 Å². The number of halogens is 3. The first-order valence-corrected chi connectivity index (χ1v) is 13.2. The number of aromatic nitrogens is 4. The molecule has 0 aromatic carbocycles. The van der Waals surface area contributed by atoms with E-state index in [4.69, 9.17) is 4.98 Å². The molecule has 184 valence electrons. The number of amides is 1. The summed E-state index contributed by atoms with van der Waals surface area (Å²) >= 11 is 2.53. The maximum Gasteiger partial charge on any atom is 0.270 e. The number of aryl methyl sites for hydroxylation is 1. The number of hydrogen-bond donors (Lipinski definition) is 2. The lowest BCUT2D eigenvalue weighted by atomic mass is 9.95. The predicted molar refractivity (Wildman–Crippen MR) is 139 cm³/mol. The molecule has 0 atom stereocenters. The molecule has 0 radical (unpaired) electrons. The minimum absolute atomic E-state index is 0.217. The lowest BCUT2D eigenvalue weighted by Gasteiger charge is -2.26. The van der Waals surface area contributed by atoms with Crippen LogP contribution in [0.25, 0.3) is 11.2 Å². The largest absolute Gasteiger partial charge is 0.351 e. The van der Waals surface area contributed by atoms with Crippen molar-refractivity contribution in [3.63, 3.8) is 0 Å². The molecule has 0 aliphatic heterocycles. The smallest absolute Gasteiger partial charge is 0.270 e. The number of imidazole rings is 1. The fourth-order valence-corrected chi connectivity index (χ4v) is 5.47. The molecule has 2 aliphatic rings. The molecule has 5 rings (SSSR count). The molecule has 1 fully saturated rings. The summed E-state index contributed by atoms with van der Waals surface area (Å²) in [5, 5.41) is 5.78. The van der Waals surface area contributed by atoms with Crippen LogP contribution in [-0.2, 0) is 6.42 Å². The average molecular weight is 592 g/mol. The highest BCUT2D eigenvalue weighted by Crippen LogP contribution is 2.31. The lowest BCUT2D eigenvalue weighted by Crippen LogP contribution is -2.29. The minimum Gasteiger partial charge on any atom is -0.351 e. The third-order valence-electron chi connectivity index (χ3n) is 6.58. The van der Waals surface area contributed by atoms with E-state index in [2.05, 4.69) is 49.3 Å². The molecule has 3 heterocycles. The highest BCUT2D eigenvalue weighted by Gasteiger charge is 2.22. The number of carbonyl (C=O) groups excluding carboxylic acids is 1. The monoisotopic (exact) mass is 592 g/mol. The molecular formula is C25H27F2IN6O. The summed E-state index contributed by atoms with van der Waals surface area (Å²) in [6.07, 6.45) is 12.2. The topological polar surface area (TPSA) is 84.2 Å². The summed E-state index contributed by atoms with van der Waals surface area (Å²) in [6.45, 7) is -0.697. The van der Waals surface area contributed by atoms with E-state index in [1.807, 2.05) is 24.5 Å². The van der Waals surface area contributed by atoms with Crippen molar-refractivity contribution in [2.24, 2.45) is 0 Å². The van der Waals surface area contributed by atoms with Crippen LogP contribution < -0.4 is 10.6 Å². The Kier molecular flexibility index (Phi) is 7.26. The van der Waals surface area contributed by atoms with Crippen LogP contribution in [0.4, 0.5) is 14.7 Å². The van der Waals surface area contributed by atoms with Crippen molar-refractivity contribution >= 4 is 45.7 Å². The number of rotatable bonds is 6. The molecule has 0 bridgehead atoms. The van der Waals surface area contributed by atoms with Gasteiger partial charge in [-0.15, -0.1) is 0 Å². The van der Waals surface area contributed by atoms with Gasteiger partial charge in [0.05, 0.1) is 18.4 Å². The summed E-state index contributed by atoms with van der Waals surface area (Å²) in [5.74, 6) is 0.103. The molecule has 1 amide bonds. The Morgan fingerprint density at radius 2 is 2.00 bits per heavy atom. The number of anilines is 1. The van der Waals surface area contributed by atoms with Crippen molar-refractivity contribution in [2.75, 3.05) is 11.9 Å². The third-order valence-corrected chi connectivity index (χ3v) is 7.83. The summed E-state index contributed by atoms with van der Waals surface area (Å²) < 4.78 is 27.5. The number of pyridine rings is 1. The van der Waals surface area contributed by atoms with Gasteiger partial charge in [0, 0.05) is 27.9 Å². The average Bonchev–Trinajstić information content (AvgIpc) is 3.16. The van der Waals surface area contributed by atoms with Gasteiger partial charge in [0.25, 0.3) is 12.3 Å². The van der Waals surface area contributed by atoms with E-state index in [-0.39, 0.29) is 5.69 Å². The van der Waals surface area contributed by atoms with Crippen LogP contribution in [0.1, 0.15) is 65.8 Å². The molecular weight excluding hydrogens is 565 g/mol. The van der Waals surface area contributed by atoms with Crippen LogP contribution in [0.2, 0.25) is 0 Å². The Morgan fingerprint density at radius 1 is 1.17 bits per heavy atom. The fraction of sp³-hybridized carbons (Fsp3) is 0.440. The van der Waals surface area contributed by atoms with Gasteiger partial charge in [-0.2, -0.15) is 0 Å². The normalized spacial score (nSPS) is 20.3. The molecule has 1 saturated carbocycles. The van der Waals surface area contributed by atoms with E-state index < -0.39 is 18.9 Å². The van der Waals surface area contributed by atoms with Crippen molar-refractivity contribution in [1.29, 1.82) is 0 Å². The number of alkyl halides is 3. The van der Waals surface area contributed by atoms with Gasteiger partial charge in [0.1, 0.15) is 11.3 Å².